The number of para-hydroxylation sites is 1. The lowest BCUT2D eigenvalue weighted by Crippen LogP contribution is -2.30. The summed E-state index contributed by atoms with van der Waals surface area (Å²) in [6.07, 6.45) is 1.49. The Labute approximate surface area is 146 Å². The summed E-state index contributed by atoms with van der Waals surface area (Å²) in [4.78, 5) is 24.4. The average molecular weight is 343 g/mol. The molecule has 0 aliphatic carbocycles. The lowest BCUT2D eigenvalue weighted by molar-refractivity contribution is -0.121. The molecular weight excluding hydrogens is 324 g/mol. The number of nitrogens with one attached hydrogen (secondary N) is 2. The van der Waals surface area contributed by atoms with Crippen molar-refractivity contribution in [1.29, 1.82) is 0 Å². The molecule has 1 unspecified atom stereocenters. The van der Waals surface area contributed by atoms with Gasteiger partial charge in [0.1, 0.15) is 0 Å². The topological polar surface area (TPSA) is 58.2 Å². The van der Waals surface area contributed by atoms with Crippen molar-refractivity contribution in [2.45, 2.75) is 26.2 Å². The number of amides is 2. The zero-order valence-electron chi connectivity index (χ0n) is 13.4. The molecule has 1 aliphatic rings. The van der Waals surface area contributed by atoms with E-state index in [4.69, 9.17) is 11.6 Å². The number of hydrogen-bond donors (Lipinski definition) is 2. The second-order valence-corrected chi connectivity index (χ2v) is 6.45. The molecule has 2 aromatic rings. The average Bonchev–Trinajstić information content (AvgIpc) is 2.57. The van der Waals surface area contributed by atoms with E-state index in [0.29, 0.717) is 30.0 Å². The first-order chi connectivity index (χ1) is 11.5. The molecule has 4 nitrogen and oxygen atoms in total. The van der Waals surface area contributed by atoms with Crippen molar-refractivity contribution in [2.75, 3.05) is 10.6 Å². The third kappa shape index (κ3) is 3.60. The fourth-order valence-corrected chi connectivity index (χ4v) is 3.08. The van der Waals surface area contributed by atoms with Gasteiger partial charge in [-0.25, -0.2) is 0 Å². The molecule has 0 bridgehead atoms. The number of rotatable bonds is 4. The van der Waals surface area contributed by atoms with E-state index in [-0.39, 0.29) is 17.7 Å². The Morgan fingerprint density at radius 3 is 2.88 bits per heavy atom. The predicted octanol–water partition coefficient (Wildman–Crippen LogP) is 4.18. The van der Waals surface area contributed by atoms with Gasteiger partial charge in [0.05, 0.1) is 0 Å². The van der Waals surface area contributed by atoms with E-state index in [2.05, 4.69) is 10.6 Å². The normalized spacial score (nSPS) is 16.2. The van der Waals surface area contributed by atoms with Crippen molar-refractivity contribution in [3.8, 4) is 0 Å². The highest BCUT2D eigenvalue weighted by Crippen LogP contribution is 2.28. The van der Waals surface area contributed by atoms with Crippen LogP contribution in [0.25, 0.3) is 0 Å². The van der Waals surface area contributed by atoms with Crippen molar-refractivity contribution in [1.82, 2.24) is 0 Å². The first-order valence-electron chi connectivity index (χ1n) is 7.98. The molecule has 0 radical (unpaired) electrons. The van der Waals surface area contributed by atoms with Gasteiger partial charge in [0.15, 0.2) is 0 Å². The van der Waals surface area contributed by atoms with Crippen LogP contribution >= 0.6 is 11.6 Å². The molecule has 2 amide bonds. The van der Waals surface area contributed by atoms with Crippen LogP contribution in [0, 0.1) is 12.8 Å². The Hall–Kier alpha value is -2.33. The van der Waals surface area contributed by atoms with Crippen LogP contribution in [0.3, 0.4) is 0 Å². The summed E-state index contributed by atoms with van der Waals surface area (Å²) in [5.41, 5.74) is 3.55. The molecule has 0 spiro atoms. The quantitative estimate of drug-likeness (QED) is 0.875. The predicted molar refractivity (Wildman–Crippen MR) is 96.3 cm³/mol. The first-order valence-corrected chi connectivity index (χ1v) is 8.36. The number of carbonyl (C=O) groups excluding carboxylic acids is 2. The molecule has 0 saturated heterocycles. The largest absolute Gasteiger partial charge is 0.326 e. The molecule has 2 aromatic carbocycles. The second kappa shape index (κ2) is 7.05. The highest BCUT2D eigenvalue weighted by atomic mass is 35.5. The molecule has 2 N–H and O–H groups in total. The maximum atomic E-state index is 12.2. The molecule has 0 aromatic heterocycles. The molecule has 24 heavy (non-hydrogen) atoms. The van der Waals surface area contributed by atoms with Crippen molar-refractivity contribution in [2.24, 2.45) is 5.92 Å². The second-order valence-electron chi connectivity index (χ2n) is 6.05. The van der Waals surface area contributed by atoms with Crippen molar-refractivity contribution >= 4 is 34.8 Å². The van der Waals surface area contributed by atoms with E-state index >= 15 is 0 Å². The van der Waals surface area contributed by atoms with Crippen molar-refractivity contribution in [3.63, 3.8) is 0 Å². The van der Waals surface area contributed by atoms with Crippen LogP contribution in [0.4, 0.5) is 11.4 Å². The van der Waals surface area contributed by atoms with E-state index in [9.17, 15) is 9.59 Å². The molecule has 1 atom stereocenters. The molecule has 0 saturated carbocycles. The molecular formula is C19H19ClN2O2. The smallest absolute Gasteiger partial charge is 0.227 e. The third-order valence-electron chi connectivity index (χ3n) is 4.37. The van der Waals surface area contributed by atoms with Crippen LogP contribution in [0.2, 0.25) is 5.02 Å². The molecule has 0 fully saturated rings. The van der Waals surface area contributed by atoms with E-state index in [0.717, 1.165) is 16.8 Å². The van der Waals surface area contributed by atoms with Crippen LogP contribution in [0.5, 0.6) is 0 Å². The van der Waals surface area contributed by atoms with E-state index < -0.39 is 0 Å². The summed E-state index contributed by atoms with van der Waals surface area (Å²) < 4.78 is 0. The van der Waals surface area contributed by atoms with E-state index in [1.54, 1.807) is 12.1 Å². The lowest BCUT2D eigenvalue weighted by Gasteiger charge is -2.24. The first kappa shape index (κ1) is 16.5. The lowest BCUT2D eigenvalue weighted by atomic mass is 9.89. The van der Waals surface area contributed by atoms with Gasteiger partial charge >= 0.3 is 0 Å². The highest BCUT2D eigenvalue weighted by molar-refractivity contribution is 6.31. The van der Waals surface area contributed by atoms with Crippen LogP contribution in [-0.2, 0) is 16.0 Å². The van der Waals surface area contributed by atoms with Gasteiger partial charge in [-0.3, -0.25) is 9.59 Å². The summed E-state index contributed by atoms with van der Waals surface area (Å²) in [6.45, 7) is 1.86. The number of hydrogen-bond acceptors (Lipinski definition) is 2. The standard InChI is InChI=1S/C19H19ClN2O2/c1-12-15(20)6-4-8-16(12)21-18(23)10-9-14-11-13-5-2-3-7-17(13)22-19(14)24/h2-8,14H,9-11H2,1H3,(H,21,23)(H,22,24). The van der Waals surface area contributed by atoms with Gasteiger partial charge in [-0.1, -0.05) is 35.9 Å². The van der Waals surface area contributed by atoms with E-state index in [1.165, 1.54) is 0 Å². The van der Waals surface area contributed by atoms with Gasteiger partial charge in [0, 0.05) is 28.7 Å². The fourth-order valence-electron chi connectivity index (χ4n) is 2.91. The number of halogens is 1. The van der Waals surface area contributed by atoms with Crippen LogP contribution in [-0.4, -0.2) is 11.8 Å². The van der Waals surface area contributed by atoms with Crippen molar-refractivity contribution in [3.05, 3.63) is 58.6 Å². The van der Waals surface area contributed by atoms with E-state index in [1.807, 2.05) is 37.3 Å². The molecule has 1 heterocycles. The van der Waals surface area contributed by atoms with Crippen LogP contribution < -0.4 is 10.6 Å². The Balaban J connectivity index is 1.59. The number of benzene rings is 2. The number of fused-ring (bicyclic) bond motifs is 1. The maximum Gasteiger partial charge on any atom is 0.227 e. The van der Waals surface area contributed by atoms with Gasteiger partial charge in [0.2, 0.25) is 11.8 Å². The minimum absolute atomic E-state index is 0.0135. The molecule has 5 heteroatoms. The highest BCUT2D eigenvalue weighted by Gasteiger charge is 2.26. The van der Waals surface area contributed by atoms with Gasteiger partial charge in [0.25, 0.3) is 0 Å². The van der Waals surface area contributed by atoms with Crippen molar-refractivity contribution < 1.29 is 9.59 Å². The monoisotopic (exact) mass is 342 g/mol. The minimum atomic E-state index is -0.175. The zero-order chi connectivity index (χ0) is 17.1. The number of carbonyl (C=O) groups is 2. The van der Waals surface area contributed by atoms with Gasteiger partial charge in [-0.15, -0.1) is 0 Å². The van der Waals surface area contributed by atoms with Gasteiger partial charge in [-0.05, 0) is 49.1 Å². The molecule has 3 rings (SSSR count). The molecule has 124 valence electrons. The van der Waals surface area contributed by atoms with Crippen LogP contribution in [0.15, 0.2) is 42.5 Å². The Morgan fingerprint density at radius 1 is 1.25 bits per heavy atom. The van der Waals surface area contributed by atoms with Crippen LogP contribution in [0.1, 0.15) is 24.0 Å². The number of anilines is 2. The summed E-state index contributed by atoms with van der Waals surface area (Å²) in [7, 11) is 0. The SMILES string of the molecule is Cc1c(Cl)cccc1NC(=O)CCC1Cc2ccccc2NC1=O. The van der Waals surface area contributed by atoms with Gasteiger partial charge < -0.3 is 10.6 Å². The maximum absolute atomic E-state index is 12.2. The fraction of sp³-hybridized carbons (Fsp3) is 0.263. The summed E-state index contributed by atoms with van der Waals surface area (Å²) in [5.74, 6) is -0.293. The van der Waals surface area contributed by atoms with Gasteiger partial charge in [-0.2, -0.15) is 0 Å². The zero-order valence-corrected chi connectivity index (χ0v) is 14.2. The summed E-state index contributed by atoms with van der Waals surface area (Å²) in [5, 5.41) is 6.40. The summed E-state index contributed by atoms with van der Waals surface area (Å²) >= 11 is 6.06. The molecule has 1 aliphatic heterocycles. The third-order valence-corrected chi connectivity index (χ3v) is 4.78. The Kier molecular flexibility index (Phi) is 4.86. The Bertz CT molecular complexity index is 789. The Morgan fingerprint density at radius 2 is 2.04 bits per heavy atom. The summed E-state index contributed by atoms with van der Waals surface area (Å²) in [6, 6.07) is 13.2. The minimum Gasteiger partial charge on any atom is -0.326 e.